The first-order valence-corrected chi connectivity index (χ1v) is 15.6. The zero-order valence-electron chi connectivity index (χ0n) is 25.2. The second-order valence-corrected chi connectivity index (χ2v) is 11.7. The van der Waals surface area contributed by atoms with Crippen molar-refractivity contribution in [2.45, 2.75) is 0 Å². The van der Waals surface area contributed by atoms with Gasteiger partial charge in [0.1, 0.15) is 11.6 Å². The largest absolute Gasteiger partial charge is 0.310 e. The predicted octanol–water partition coefficient (Wildman–Crippen LogP) is 12.1. The number of anilines is 6. The van der Waals surface area contributed by atoms with Gasteiger partial charge in [0.2, 0.25) is 0 Å². The third-order valence-corrected chi connectivity index (χ3v) is 8.96. The van der Waals surface area contributed by atoms with E-state index in [1.165, 1.54) is 12.1 Å². The van der Waals surface area contributed by atoms with E-state index in [-0.39, 0.29) is 11.6 Å². The van der Waals surface area contributed by atoms with Gasteiger partial charge in [-0.05, 0) is 84.9 Å². The number of hydrogen-bond donors (Lipinski definition) is 0. The predicted molar refractivity (Wildman–Crippen MR) is 190 cm³/mol. The summed E-state index contributed by atoms with van der Waals surface area (Å²) in [6.45, 7) is 0. The molecular formula is C42H27F2N3. The molecule has 47 heavy (non-hydrogen) atoms. The summed E-state index contributed by atoms with van der Waals surface area (Å²) in [5.74, 6) is -0.576. The van der Waals surface area contributed by atoms with Gasteiger partial charge < -0.3 is 14.2 Å². The molecule has 0 radical (unpaired) electrons. The Kier molecular flexibility index (Phi) is 6.18. The van der Waals surface area contributed by atoms with Crippen molar-refractivity contribution in [3.05, 3.63) is 175 Å². The highest BCUT2D eigenvalue weighted by Crippen LogP contribution is 2.49. The fourth-order valence-electron chi connectivity index (χ4n) is 7.15. The third kappa shape index (κ3) is 4.24. The van der Waals surface area contributed by atoms with Crippen molar-refractivity contribution in [3.8, 4) is 0 Å². The molecule has 224 valence electrons. The van der Waals surface area contributed by atoms with E-state index < -0.39 is 0 Å². The van der Waals surface area contributed by atoms with Crippen molar-refractivity contribution < 1.29 is 8.78 Å². The Morgan fingerprint density at radius 1 is 0.383 bits per heavy atom. The van der Waals surface area contributed by atoms with Crippen LogP contribution in [0.1, 0.15) is 0 Å². The number of para-hydroxylation sites is 3. The van der Waals surface area contributed by atoms with Crippen LogP contribution in [0, 0.1) is 11.6 Å². The summed E-state index contributed by atoms with van der Waals surface area (Å²) in [4.78, 5) is 4.25. The molecule has 0 aliphatic carbocycles. The lowest BCUT2D eigenvalue weighted by atomic mass is 10.0. The van der Waals surface area contributed by atoms with Crippen LogP contribution in [0.2, 0.25) is 0 Å². The number of nitrogens with zero attached hydrogens (tertiary/aromatic N) is 3. The summed E-state index contributed by atoms with van der Waals surface area (Å²) in [6, 6.07) is 52.8. The minimum atomic E-state index is -0.288. The standard InChI is InChI=1S/C42H27F2N3/c43-28-12-7-18-32(26-28)45(30-14-3-1-4-15-30)36-22-10-24-38-40(36)34-20-9-21-35-41-37(23-11-25-39(41)47(38)42(34)35)46(31-16-5-2-6-17-31)33-19-8-13-29(44)27-33/h1-27H. The van der Waals surface area contributed by atoms with Crippen molar-refractivity contribution in [1.82, 2.24) is 4.40 Å². The highest BCUT2D eigenvalue weighted by molar-refractivity contribution is 6.28. The zero-order chi connectivity index (χ0) is 31.5. The summed E-state index contributed by atoms with van der Waals surface area (Å²) in [7, 11) is 0. The maximum absolute atomic E-state index is 14.7. The Hall–Kier alpha value is -6.20. The van der Waals surface area contributed by atoms with E-state index in [2.05, 4.69) is 68.8 Å². The molecule has 9 rings (SSSR count). The Balaban J connectivity index is 1.36. The number of hydrogen-bond acceptors (Lipinski definition) is 2. The smallest absolute Gasteiger partial charge is 0.125 e. The topological polar surface area (TPSA) is 10.9 Å². The molecule has 0 unspecified atom stereocenters. The molecule has 0 fully saturated rings. The molecule has 0 saturated heterocycles. The third-order valence-electron chi connectivity index (χ3n) is 8.96. The maximum Gasteiger partial charge on any atom is 0.125 e. The Morgan fingerprint density at radius 3 is 1.23 bits per heavy atom. The first-order valence-electron chi connectivity index (χ1n) is 15.6. The average molecular weight is 612 g/mol. The number of fused-ring (bicyclic) bond motifs is 6. The monoisotopic (exact) mass is 611 g/mol. The lowest BCUT2D eigenvalue weighted by Crippen LogP contribution is -2.10. The fourth-order valence-corrected chi connectivity index (χ4v) is 7.15. The molecule has 5 heteroatoms. The molecule has 2 aromatic heterocycles. The molecule has 0 aliphatic heterocycles. The Morgan fingerprint density at radius 2 is 0.787 bits per heavy atom. The van der Waals surface area contributed by atoms with Crippen molar-refractivity contribution in [1.29, 1.82) is 0 Å². The van der Waals surface area contributed by atoms with E-state index in [9.17, 15) is 8.78 Å². The van der Waals surface area contributed by atoms with E-state index in [0.29, 0.717) is 0 Å². The van der Waals surface area contributed by atoms with E-state index in [4.69, 9.17) is 0 Å². The summed E-state index contributed by atoms with van der Waals surface area (Å²) < 4.78 is 31.7. The van der Waals surface area contributed by atoms with E-state index >= 15 is 0 Å². The molecule has 0 aliphatic rings. The van der Waals surface area contributed by atoms with Crippen molar-refractivity contribution >= 4 is 72.2 Å². The normalized spacial score (nSPS) is 11.6. The molecule has 0 amide bonds. The molecule has 0 spiro atoms. The molecular weight excluding hydrogens is 584 g/mol. The molecule has 7 aromatic carbocycles. The minimum absolute atomic E-state index is 0.288. The highest BCUT2D eigenvalue weighted by atomic mass is 19.1. The number of halogens is 2. The van der Waals surface area contributed by atoms with Crippen molar-refractivity contribution in [2.24, 2.45) is 0 Å². The number of benzene rings is 7. The van der Waals surface area contributed by atoms with Gasteiger partial charge in [-0.3, -0.25) is 0 Å². The van der Waals surface area contributed by atoms with Crippen LogP contribution in [0.25, 0.3) is 38.1 Å². The summed E-state index contributed by atoms with van der Waals surface area (Å²) in [5.41, 5.74) is 8.51. The quantitative estimate of drug-likeness (QED) is 0.185. The van der Waals surface area contributed by atoms with Gasteiger partial charge in [0.15, 0.2) is 0 Å². The van der Waals surface area contributed by atoms with Gasteiger partial charge in [-0.2, -0.15) is 0 Å². The van der Waals surface area contributed by atoms with Gasteiger partial charge in [0, 0.05) is 44.3 Å². The van der Waals surface area contributed by atoms with Crippen molar-refractivity contribution in [2.75, 3.05) is 9.80 Å². The first-order chi connectivity index (χ1) is 23.2. The molecule has 0 saturated carbocycles. The lowest BCUT2D eigenvalue weighted by Gasteiger charge is -2.27. The summed E-state index contributed by atoms with van der Waals surface area (Å²) in [5, 5.41) is 4.37. The van der Waals surface area contributed by atoms with Gasteiger partial charge in [-0.1, -0.05) is 78.9 Å². The van der Waals surface area contributed by atoms with Crippen LogP contribution in [0.4, 0.5) is 42.9 Å². The van der Waals surface area contributed by atoms with Gasteiger partial charge in [-0.25, -0.2) is 8.78 Å². The summed E-state index contributed by atoms with van der Waals surface area (Å²) >= 11 is 0. The zero-order valence-corrected chi connectivity index (χ0v) is 25.2. The number of rotatable bonds is 6. The van der Waals surface area contributed by atoms with Crippen LogP contribution >= 0.6 is 0 Å². The fraction of sp³-hybridized carbons (Fsp3) is 0. The van der Waals surface area contributed by atoms with Crippen LogP contribution in [0.5, 0.6) is 0 Å². The van der Waals surface area contributed by atoms with Crippen LogP contribution in [-0.4, -0.2) is 4.40 Å². The molecule has 3 nitrogen and oxygen atoms in total. The van der Waals surface area contributed by atoms with Gasteiger partial charge >= 0.3 is 0 Å². The van der Waals surface area contributed by atoms with Crippen molar-refractivity contribution in [3.63, 3.8) is 0 Å². The van der Waals surface area contributed by atoms with E-state index in [1.807, 2.05) is 72.8 Å². The second-order valence-electron chi connectivity index (χ2n) is 11.7. The number of aromatic nitrogens is 1. The van der Waals surface area contributed by atoms with Gasteiger partial charge in [0.25, 0.3) is 0 Å². The van der Waals surface area contributed by atoms with E-state index in [0.717, 1.165) is 72.2 Å². The molecule has 2 heterocycles. The Labute approximate surface area is 270 Å². The van der Waals surface area contributed by atoms with Crippen LogP contribution in [0.15, 0.2) is 164 Å². The lowest BCUT2D eigenvalue weighted by molar-refractivity contribution is 0.627. The highest BCUT2D eigenvalue weighted by Gasteiger charge is 2.25. The SMILES string of the molecule is Fc1cccc(N(c2ccccc2)c2cccc3c2c2cccc4c5c(N(c6ccccc6)c6cccc(F)c6)cccc5n3c24)c1. The van der Waals surface area contributed by atoms with Crippen LogP contribution < -0.4 is 9.80 Å². The van der Waals surface area contributed by atoms with Crippen LogP contribution in [-0.2, 0) is 0 Å². The molecule has 0 N–H and O–H groups in total. The molecule has 0 bridgehead atoms. The molecule has 0 atom stereocenters. The molecule has 9 aromatic rings. The Bertz CT molecular complexity index is 2390. The van der Waals surface area contributed by atoms with E-state index in [1.54, 1.807) is 24.3 Å². The average Bonchev–Trinajstić information content (AvgIpc) is 3.63. The second kappa shape index (κ2) is 10.7. The van der Waals surface area contributed by atoms with Gasteiger partial charge in [-0.15, -0.1) is 0 Å². The van der Waals surface area contributed by atoms with Gasteiger partial charge in [0.05, 0.1) is 27.9 Å². The maximum atomic E-state index is 14.7. The summed E-state index contributed by atoms with van der Waals surface area (Å²) in [6.07, 6.45) is 0. The minimum Gasteiger partial charge on any atom is -0.310 e. The first kappa shape index (κ1) is 27.1. The van der Waals surface area contributed by atoms with Crippen LogP contribution in [0.3, 0.4) is 0 Å².